The zero-order chi connectivity index (χ0) is 24.9. The Kier molecular flexibility index (Phi) is 6.57. The van der Waals surface area contributed by atoms with E-state index >= 15 is 0 Å². The number of allylic oxidation sites excluding steroid dienone is 1. The van der Waals surface area contributed by atoms with Gasteiger partial charge in [-0.2, -0.15) is 4.68 Å². The zero-order valence-electron chi connectivity index (χ0n) is 18.0. The van der Waals surface area contributed by atoms with Crippen molar-refractivity contribution in [3.05, 3.63) is 99.7 Å². The van der Waals surface area contributed by atoms with Crippen LogP contribution >= 0.6 is 0 Å². The Labute approximate surface area is 195 Å². The van der Waals surface area contributed by atoms with E-state index in [2.05, 4.69) is 25.5 Å². The van der Waals surface area contributed by atoms with Crippen molar-refractivity contribution in [1.82, 2.24) is 30.2 Å². The van der Waals surface area contributed by atoms with Gasteiger partial charge in [0.2, 0.25) is 5.91 Å². The summed E-state index contributed by atoms with van der Waals surface area (Å²) in [7, 11) is 0. The molecule has 35 heavy (non-hydrogen) atoms. The number of hydrogen-bond acceptors (Lipinski definition) is 8. The highest BCUT2D eigenvalue weighted by Crippen LogP contribution is 2.14. The number of benzene rings is 1. The van der Waals surface area contributed by atoms with Crippen LogP contribution in [0.25, 0.3) is 11.5 Å². The molecular formula is C22H18F2N8O3. The third kappa shape index (κ3) is 5.19. The number of carbonyl (C=O) groups excluding carboxylic acids is 1. The molecule has 0 radical (unpaired) electrons. The van der Waals surface area contributed by atoms with Gasteiger partial charge in [0.15, 0.2) is 17.5 Å². The summed E-state index contributed by atoms with van der Waals surface area (Å²) in [6.45, 7) is 0.0781. The maximum atomic E-state index is 14.5. The summed E-state index contributed by atoms with van der Waals surface area (Å²) < 4.78 is 34.1. The van der Waals surface area contributed by atoms with Crippen molar-refractivity contribution in [3.63, 3.8) is 0 Å². The topological polar surface area (TPSA) is 169 Å². The van der Waals surface area contributed by atoms with Crippen LogP contribution < -0.4 is 16.6 Å². The molecule has 5 N–H and O–H groups in total. The lowest BCUT2D eigenvalue weighted by atomic mass is 10.2. The first kappa shape index (κ1) is 23.2. The second-order valence-electron chi connectivity index (χ2n) is 7.25. The van der Waals surface area contributed by atoms with E-state index in [-0.39, 0.29) is 30.1 Å². The van der Waals surface area contributed by atoms with Crippen LogP contribution in [-0.4, -0.2) is 36.5 Å². The monoisotopic (exact) mass is 480 g/mol. The predicted molar refractivity (Wildman–Crippen MR) is 119 cm³/mol. The van der Waals surface area contributed by atoms with Crippen molar-refractivity contribution in [2.45, 2.75) is 13.0 Å². The first-order valence-electron chi connectivity index (χ1n) is 10.1. The molecule has 13 heteroatoms. The SMILES string of the molecule is N=C(/C=C(\NCc1ccccc1F)c1ccon1)c1ncc(F)c(-n2[nH]cc(CC(N)=O)c2=O)n1. The Balaban J connectivity index is 1.65. The lowest BCUT2D eigenvalue weighted by Crippen LogP contribution is -2.24. The number of nitrogens with two attached hydrogens (primary N) is 1. The first-order chi connectivity index (χ1) is 16.8. The van der Waals surface area contributed by atoms with Crippen molar-refractivity contribution < 1.29 is 18.1 Å². The fraction of sp³-hybridized carbons (Fsp3) is 0.0909. The molecule has 3 aromatic heterocycles. The number of aromatic nitrogens is 5. The van der Waals surface area contributed by atoms with Gasteiger partial charge in [0.25, 0.3) is 5.56 Å². The minimum atomic E-state index is -0.936. The number of carbonyl (C=O) groups is 1. The summed E-state index contributed by atoms with van der Waals surface area (Å²) in [6.07, 6.45) is 4.32. The zero-order valence-corrected chi connectivity index (χ0v) is 18.0. The maximum Gasteiger partial charge on any atom is 0.276 e. The number of nitrogens with one attached hydrogen (secondary N) is 3. The minimum Gasteiger partial charge on any atom is -0.379 e. The average Bonchev–Trinajstić information content (AvgIpc) is 3.48. The van der Waals surface area contributed by atoms with E-state index < -0.39 is 28.9 Å². The number of primary amides is 1. The molecular weight excluding hydrogens is 462 g/mol. The fourth-order valence-corrected chi connectivity index (χ4v) is 3.13. The Bertz CT molecular complexity index is 1470. The Morgan fingerprint density at radius 3 is 2.74 bits per heavy atom. The highest BCUT2D eigenvalue weighted by atomic mass is 19.1. The van der Waals surface area contributed by atoms with Crippen LogP contribution in [0.15, 0.2) is 64.4 Å². The molecule has 1 aromatic carbocycles. The van der Waals surface area contributed by atoms with Gasteiger partial charge in [0.1, 0.15) is 23.5 Å². The standard InChI is InChI=1S/C22H18F2N8O3/c23-14-4-2-1-3-12(14)9-27-18(17-5-6-35-31-17)8-16(25)20-28-11-15(24)21(30-20)32-22(34)13(10-29-32)7-19(26)33/h1-6,8,10-11,25,27,29H,7,9H2,(H2,26,33)/b18-8-,25-16?. The lowest BCUT2D eigenvalue weighted by Gasteiger charge is -2.10. The van der Waals surface area contributed by atoms with Gasteiger partial charge in [0, 0.05) is 29.9 Å². The smallest absolute Gasteiger partial charge is 0.276 e. The highest BCUT2D eigenvalue weighted by molar-refractivity contribution is 6.07. The quantitative estimate of drug-likeness (QED) is 0.263. The van der Waals surface area contributed by atoms with E-state index in [1.165, 1.54) is 30.7 Å². The molecule has 0 saturated carbocycles. The summed E-state index contributed by atoms with van der Waals surface area (Å²) >= 11 is 0. The van der Waals surface area contributed by atoms with Crippen LogP contribution in [0.1, 0.15) is 22.6 Å². The van der Waals surface area contributed by atoms with Crippen LogP contribution in [0.2, 0.25) is 0 Å². The second kappa shape index (κ2) is 9.91. The van der Waals surface area contributed by atoms with Gasteiger partial charge in [-0.15, -0.1) is 0 Å². The molecule has 11 nitrogen and oxygen atoms in total. The van der Waals surface area contributed by atoms with Crippen LogP contribution in [0, 0.1) is 17.0 Å². The van der Waals surface area contributed by atoms with E-state index in [0.717, 1.165) is 10.9 Å². The van der Waals surface area contributed by atoms with E-state index in [1.807, 2.05) is 0 Å². The summed E-state index contributed by atoms with van der Waals surface area (Å²) in [5.74, 6) is -2.74. The Morgan fingerprint density at radius 2 is 2.03 bits per heavy atom. The van der Waals surface area contributed by atoms with Crippen LogP contribution in [-0.2, 0) is 17.8 Å². The molecule has 0 bridgehead atoms. The molecule has 0 unspecified atom stereocenters. The summed E-state index contributed by atoms with van der Waals surface area (Å²) in [4.78, 5) is 31.4. The van der Waals surface area contributed by atoms with Gasteiger partial charge in [-0.1, -0.05) is 23.4 Å². The van der Waals surface area contributed by atoms with Crippen molar-refractivity contribution >= 4 is 17.3 Å². The normalized spacial score (nSPS) is 11.4. The molecule has 0 fully saturated rings. The summed E-state index contributed by atoms with van der Waals surface area (Å²) in [6, 6.07) is 7.71. The van der Waals surface area contributed by atoms with Crippen molar-refractivity contribution in [1.29, 1.82) is 5.41 Å². The minimum absolute atomic E-state index is 0.0256. The van der Waals surface area contributed by atoms with E-state index in [9.17, 15) is 18.4 Å². The van der Waals surface area contributed by atoms with Crippen molar-refractivity contribution in [2.24, 2.45) is 5.73 Å². The molecule has 0 aliphatic rings. The molecule has 0 saturated heterocycles. The number of hydrogen-bond donors (Lipinski definition) is 4. The van der Waals surface area contributed by atoms with Gasteiger partial charge in [0.05, 0.1) is 18.3 Å². The van der Waals surface area contributed by atoms with E-state index in [4.69, 9.17) is 15.7 Å². The second-order valence-corrected chi connectivity index (χ2v) is 7.25. The largest absolute Gasteiger partial charge is 0.379 e. The first-order valence-corrected chi connectivity index (χ1v) is 10.1. The number of nitrogens with zero attached hydrogens (tertiary/aromatic N) is 4. The van der Waals surface area contributed by atoms with Crippen molar-refractivity contribution in [2.75, 3.05) is 0 Å². The van der Waals surface area contributed by atoms with Gasteiger partial charge in [-0.05, 0) is 12.1 Å². The number of H-pyrrole nitrogens is 1. The number of rotatable bonds is 9. The molecule has 0 spiro atoms. The number of halogens is 2. The molecule has 0 aliphatic carbocycles. The summed E-state index contributed by atoms with van der Waals surface area (Å²) in [5.41, 5.74) is 5.16. The molecule has 178 valence electrons. The third-order valence-electron chi connectivity index (χ3n) is 4.82. The van der Waals surface area contributed by atoms with Crippen LogP contribution in [0.5, 0.6) is 0 Å². The van der Waals surface area contributed by atoms with Gasteiger partial charge in [-0.3, -0.25) is 20.1 Å². The van der Waals surface area contributed by atoms with Gasteiger partial charge < -0.3 is 15.6 Å². The van der Waals surface area contributed by atoms with Crippen LogP contribution in [0.4, 0.5) is 8.78 Å². The third-order valence-corrected chi connectivity index (χ3v) is 4.82. The lowest BCUT2D eigenvalue weighted by molar-refractivity contribution is -0.117. The maximum absolute atomic E-state index is 14.5. The van der Waals surface area contributed by atoms with Gasteiger partial charge >= 0.3 is 0 Å². The summed E-state index contributed by atoms with van der Waals surface area (Å²) in [5, 5.41) is 17.8. The molecule has 4 rings (SSSR count). The van der Waals surface area contributed by atoms with Crippen LogP contribution in [0.3, 0.4) is 0 Å². The number of aromatic amines is 1. The predicted octanol–water partition coefficient (Wildman–Crippen LogP) is 1.45. The molecule has 1 amide bonds. The fourth-order valence-electron chi connectivity index (χ4n) is 3.13. The Morgan fingerprint density at radius 1 is 1.23 bits per heavy atom. The van der Waals surface area contributed by atoms with Crippen molar-refractivity contribution in [3.8, 4) is 5.82 Å². The molecule has 4 aromatic rings. The Hall–Kier alpha value is -4.94. The van der Waals surface area contributed by atoms with E-state index in [1.54, 1.807) is 18.2 Å². The molecule has 0 atom stereocenters. The molecule has 3 heterocycles. The van der Waals surface area contributed by atoms with E-state index in [0.29, 0.717) is 17.0 Å². The highest BCUT2D eigenvalue weighted by Gasteiger charge is 2.17. The van der Waals surface area contributed by atoms with Gasteiger partial charge in [-0.25, -0.2) is 18.7 Å². The molecule has 0 aliphatic heterocycles. The number of amides is 1. The average molecular weight is 480 g/mol.